The van der Waals surface area contributed by atoms with Crippen molar-refractivity contribution in [1.82, 2.24) is 0 Å². The van der Waals surface area contributed by atoms with Crippen LogP contribution in [0.4, 0.5) is 34.1 Å². The van der Waals surface area contributed by atoms with Crippen LogP contribution >= 0.6 is 0 Å². The summed E-state index contributed by atoms with van der Waals surface area (Å²) in [4.78, 5) is 9.08. The Labute approximate surface area is 346 Å². The number of hydrogen-bond donors (Lipinski definition) is 0. The van der Waals surface area contributed by atoms with Crippen molar-refractivity contribution in [2.24, 2.45) is 0 Å². The minimum atomic E-state index is -0.846. The topological polar surface area (TPSA) is 22.2 Å². The molecule has 6 heteroatoms. The van der Waals surface area contributed by atoms with Gasteiger partial charge in [-0.2, -0.15) is 55.5 Å². The molecule has 0 atom stereocenters. The maximum atomic E-state index is 6.94. The van der Waals surface area contributed by atoms with E-state index in [2.05, 4.69) is 221 Å². The molecule has 56 heavy (non-hydrogen) atoms. The van der Waals surface area contributed by atoms with E-state index >= 15 is 0 Å². The molecule has 0 fully saturated rings. The first kappa shape index (κ1) is 36.4. The van der Waals surface area contributed by atoms with E-state index in [4.69, 9.17) is 4.74 Å². The molecular formula is C50H44N4OPt. The summed E-state index contributed by atoms with van der Waals surface area (Å²) in [5, 5.41) is 0. The summed E-state index contributed by atoms with van der Waals surface area (Å²) in [6.07, 6.45) is 5.40. The van der Waals surface area contributed by atoms with Crippen molar-refractivity contribution in [2.45, 2.75) is 64.7 Å². The Bertz CT molecular complexity index is 2480. The van der Waals surface area contributed by atoms with Crippen LogP contribution in [0.15, 0.2) is 134 Å². The minimum absolute atomic E-state index is 0. The first-order valence-corrected chi connectivity index (χ1v) is 19.2. The van der Waals surface area contributed by atoms with E-state index in [9.17, 15) is 0 Å². The molecule has 10 rings (SSSR count). The van der Waals surface area contributed by atoms with Gasteiger partial charge in [0.2, 0.25) is 0 Å². The molecule has 4 heterocycles. The minimum Gasteiger partial charge on any atom is -0.493 e. The molecule has 4 aliphatic rings. The van der Waals surface area contributed by atoms with E-state index < -0.39 is 5.41 Å². The van der Waals surface area contributed by atoms with Gasteiger partial charge in [0.05, 0.1) is 0 Å². The molecule has 0 radical (unpaired) electrons. The normalized spacial score (nSPS) is 16.3. The molecule has 4 aliphatic heterocycles. The van der Waals surface area contributed by atoms with Crippen LogP contribution in [0.1, 0.15) is 81.8 Å². The molecule has 280 valence electrons. The first-order valence-electron chi connectivity index (χ1n) is 19.2. The van der Waals surface area contributed by atoms with Gasteiger partial charge in [-0.1, -0.05) is 90.1 Å². The standard InChI is InChI=1S/C50H44N4O.Pt/c1-33-52-27-26-51-32-53(43-19-9-8-18-42(43)51)38-16-12-14-36(28-38)50(37-15-13-17-39(29-37)54(33)45-21-11-10-20-44(45)52)40-30-34(48(2,3)4)22-24-46(40)55-47-25-23-35(31-41(47)50)49(5,6)7;/h8-27,30-32H,1-7H3;/q-4;+4. The van der Waals surface area contributed by atoms with Gasteiger partial charge < -0.3 is 24.3 Å². The van der Waals surface area contributed by atoms with Crippen molar-refractivity contribution in [1.29, 1.82) is 0 Å². The Morgan fingerprint density at radius 2 is 1.12 bits per heavy atom. The van der Waals surface area contributed by atoms with Gasteiger partial charge in [-0.3, -0.25) is 0 Å². The van der Waals surface area contributed by atoms with E-state index in [1.165, 1.54) is 11.1 Å². The van der Waals surface area contributed by atoms with Crippen molar-refractivity contribution in [3.05, 3.63) is 192 Å². The molecule has 1 spiro atoms. The van der Waals surface area contributed by atoms with Gasteiger partial charge >= 0.3 is 21.1 Å². The molecule has 6 aromatic carbocycles. The fourth-order valence-electron chi connectivity index (χ4n) is 8.76. The Kier molecular flexibility index (Phi) is 8.38. The van der Waals surface area contributed by atoms with E-state index in [0.29, 0.717) is 0 Å². The van der Waals surface area contributed by atoms with Crippen molar-refractivity contribution >= 4 is 34.1 Å². The molecule has 8 bridgehead atoms. The number of rotatable bonds is 0. The molecule has 0 saturated heterocycles. The van der Waals surface area contributed by atoms with E-state index in [1.54, 1.807) is 0 Å². The maximum Gasteiger partial charge on any atom is 4.00 e. The van der Waals surface area contributed by atoms with Gasteiger partial charge in [-0.25, -0.2) is 0 Å². The molecule has 0 aliphatic carbocycles. The van der Waals surface area contributed by atoms with Crippen LogP contribution in [-0.4, -0.2) is 0 Å². The van der Waals surface area contributed by atoms with Gasteiger partial charge in [-0.15, -0.1) is 35.3 Å². The average molecular weight is 912 g/mol. The van der Waals surface area contributed by atoms with E-state index in [-0.39, 0.29) is 31.9 Å². The van der Waals surface area contributed by atoms with Crippen LogP contribution in [0, 0.1) is 25.0 Å². The van der Waals surface area contributed by atoms with Crippen molar-refractivity contribution in [3.63, 3.8) is 0 Å². The fourth-order valence-corrected chi connectivity index (χ4v) is 8.76. The number of ether oxygens (including phenoxy) is 1. The smallest absolute Gasteiger partial charge is 0.493 e. The third-order valence-electron chi connectivity index (χ3n) is 11.7. The molecule has 6 aromatic rings. The van der Waals surface area contributed by atoms with Crippen LogP contribution in [0.25, 0.3) is 0 Å². The molecule has 5 nitrogen and oxygen atoms in total. The number of nitrogens with zero attached hydrogens (tertiary/aromatic N) is 4. The number of hydrogen-bond acceptors (Lipinski definition) is 5. The molecule has 0 N–H and O–H groups in total. The van der Waals surface area contributed by atoms with E-state index in [0.717, 1.165) is 74.0 Å². The third-order valence-corrected chi connectivity index (χ3v) is 11.7. The molecule has 0 aromatic heterocycles. The SMILES string of the molecule is C[C-]1N2C=CN3[CH-]N(c4[c-]c(ccc4)C4(c5[c-]c(ccc5)N1c1ccccc12)c1cc(C(C)(C)C)ccc1Oc1ccc(C(C)(C)C)cc14)c1ccccc13.[Pt+4]. The predicted molar refractivity (Wildman–Crippen MR) is 224 cm³/mol. The Morgan fingerprint density at radius 1 is 0.589 bits per heavy atom. The van der Waals surface area contributed by atoms with Crippen LogP contribution in [0.2, 0.25) is 0 Å². The Hall–Kier alpha value is -5.25. The van der Waals surface area contributed by atoms with Crippen LogP contribution in [0.5, 0.6) is 11.5 Å². The molecule has 0 saturated carbocycles. The first-order chi connectivity index (χ1) is 26.4. The summed E-state index contributed by atoms with van der Waals surface area (Å²) in [6.45, 7) is 18.0. The van der Waals surface area contributed by atoms with Crippen molar-refractivity contribution in [2.75, 3.05) is 19.6 Å². The number of anilines is 6. The van der Waals surface area contributed by atoms with Crippen molar-refractivity contribution < 1.29 is 25.8 Å². The Balaban J connectivity index is 0.00000410. The summed E-state index contributed by atoms with van der Waals surface area (Å²) < 4.78 is 6.94. The number of para-hydroxylation sites is 4. The van der Waals surface area contributed by atoms with Crippen LogP contribution in [0.3, 0.4) is 0 Å². The van der Waals surface area contributed by atoms with Gasteiger partial charge in [0, 0.05) is 39.3 Å². The average Bonchev–Trinajstić information content (AvgIpc) is 3.68. The maximum absolute atomic E-state index is 6.94. The zero-order valence-electron chi connectivity index (χ0n) is 32.8. The van der Waals surface area contributed by atoms with Crippen molar-refractivity contribution in [3.8, 4) is 11.5 Å². The monoisotopic (exact) mass is 911 g/mol. The quantitative estimate of drug-likeness (QED) is 0.141. The summed E-state index contributed by atoms with van der Waals surface area (Å²) in [5.74, 6) is 1.68. The molecule has 0 amide bonds. The zero-order chi connectivity index (χ0) is 37.9. The van der Waals surface area contributed by atoms with E-state index in [1.807, 2.05) is 0 Å². The van der Waals surface area contributed by atoms with Gasteiger partial charge in [-0.05, 0) is 70.8 Å². The summed E-state index contributed by atoms with van der Waals surface area (Å²) in [6, 6.07) is 52.1. The van der Waals surface area contributed by atoms with Crippen LogP contribution in [-0.2, 0) is 37.3 Å². The largest absolute Gasteiger partial charge is 4.00 e. The van der Waals surface area contributed by atoms with Crippen LogP contribution < -0.4 is 24.3 Å². The number of benzene rings is 6. The second kappa shape index (κ2) is 12.9. The molecular weight excluding hydrogens is 868 g/mol. The fraction of sp³-hybridized carbons (Fsp3) is 0.200. The van der Waals surface area contributed by atoms with Gasteiger partial charge in [0.15, 0.2) is 0 Å². The molecule has 0 unspecified atom stereocenters. The summed E-state index contributed by atoms with van der Waals surface area (Å²) in [5.41, 5.74) is 12.0. The summed E-state index contributed by atoms with van der Waals surface area (Å²) in [7, 11) is 0. The zero-order valence-corrected chi connectivity index (χ0v) is 35.1. The second-order valence-corrected chi connectivity index (χ2v) is 17.1. The summed E-state index contributed by atoms with van der Waals surface area (Å²) >= 11 is 0. The Morgan fingerprint density at radius 3 is 1.73 bits per heavy atom. The number of fused-ring (bicyclic) bond motifs is 22. The predicted octanol–water partition coefficient (Wildman–Crippen LogP) is 12.4. The van der Waals surface area contributed by atoms with Gasteiger partial charge in [0.1, 0.15) is 11.5 Å². The third kappa shape index (κ3) is 5.38. The second-order valence-electron chi connectivity index (χ2n) is 17.1. The van der Waals surface area contributed by atoms with Gasteiger partial charge in [0.25, 0.3) is 0 Å².